The van der Waals surface area contributed by atoms with E-state index in [1.807, 2.05) is 49.3 Å². The first kappa shape index (κ1) is 24.4. The van der Waals surface area contributed by atoms with E-state index in [-0.39, 0.29) is 12.3 Å². The van der Waals surface area contributed by atoms with Gasteiger partial charge in [0.15, 0.2) is 0 Å². The number of hydrogen-bond donors (Lipinski definition) is 1. The van der Waals surface area contributed by atoms with Crippen molar-refractivity contribution in [3.63, 3.8) is 0 Å². The predicted octanol–water partition coefficient (Wildman–Crippen LogP) is 5.55. The summed E-state index contributed by atoms with van der Waals surface area (Å²) in [6.07, 6.45) is 10.6. The lowest BCUT2D eigenvalue weighted by Gasteiger charge is -2.14. The number of hydrogen-bond acceptors (Lipinski definition) is 5. The van der Waals surface area contributed by atoms with Crippen molar-refractivity contribution in [3.05, 3.63) is 34.7 Å². The maximum Gasteiger partial charge on any atom is 0.303 e. The van der Waals surface area contributed by atoms with Gasteiger partial charge in [-0.25, -0.2) is 0 Å². The molecule has 5 nitrogen and oxygen atoms in total. The average molecular weight is 449 g/mol. The standard InChI is InChI=1S/C23H32N2O3S2/c1-24(2)19-14-12-18(13-15-19)17-20-22(28)25(23(29)30-20)16-10-8-6-4-3-5-7-9-11-21(26)27/h12-15,17H,3-11,16H2,1-2H3,(H,26,27)/b20-17-. The van der Waals surface area contributed by atoms with Gasteiger partial charge in [-0.2, -0.15) is 0 Å². The highest BCUT2D eigenvalue weighted by Gasteiger charge is 2.31. The number of carbonyl (C=O) groups is 2. The number of carboxylic acids is 1. The van der Waals surface area contributed by atoms with Gasteiger partial charge in [-0.15, -0.1) is 0 Å². The minimum atomic E-state index is -0.706. The van der Waals surface area contributed by atoms with Crippen molar-refractivity contribution in [2.45, 2.75) is 57.8 Å². The van der Waals surface area contributed by atoms with Crippen molar-refractivity contribution in [2.75, 3.05) is 25.5 Å². The van der Waals surface area contributed by atoms with Crippen LogP contribution in [0.4, 0.5) is 5.69 Å². The number of rotatable bonds is 13. The molecule has 0 radical (unpaired) electrons. The van der Waals surface area contributed by atoms with Crippen LogP contribution in [0.2, 0.25) is 0 Å². The second-order valence-electron chi connectivity index (χ2n) is 7.79. The molecule has 1 aromatic carbocycles. The third kappa shape index (κ3) is 8.11. The van der Waals surface area contributed by atoms with Crippen molar-refractivity contribution in [3.8, 4) is 0 Å². The van der Waals surface area contributed by atoms with E-state index in [4.69, 9.17) is 17.3 Å². The lowest BCUT2D eigenvalue weighted by molar-refractivity contribution is -0.137. The van der Waals surface area contributed by atoms with Crippen LogP contribution < -0.4 is 4.90 Å². The Morgan fingerprint density at radius 2 is 1.60 bits per heavy atom. The van der Waals surface area contributed by atoms with E-state index in [2.05, 4.69) is 0 Å². The third-order valence-corrected chi connectivity index (χ3v) is 6.48. The number of anilines is 1. The summed E-state index contributed by atoms with van der Waals surface area (Å²) in [7, 11) is 4.01. The molecule has 0 aromatic heterocycles. The molecule has 0 aliphatic carbocycles. The van der Waals surface area contributed by atoms with Crippen LogP contribution in [0.3, 0.4) is 0 Å². The Morgan fingerprint density at radius 3 is 2.17 bits per heavy atom. The zero-order valence-electron chi connectivity index (χ0n) is 17.9. The Labute approximate surface area is 189 Å². The summed E-state index contributed by atoms with van der Waals surface area (Å²) in [6, 6.07) is 8.12. The van der Waals surface area contributed by atoms with E-state index >= 15 is 0 Å². The highest BCUT2D eigenvalue weighted by atomic mass is 32.2. The second-order valence-corrected chi connectivity index (χ2v) is 9.47. The number of carboxylic acid groups (broad SMARTS) is 1. The zero-order valence-corrected chi connectivity index (χ0v) is 19.6. The van der Waals surface area contributed by atoms with Gasteiger partial charge in [0.05, 0.1) is 4.91 Å². The van der Waals surface area contributed by atoms with Crippen LogP contribution in [0, 0.1) is 0 Å². The molecule has 0 spiro atoms. The van der Waals surface area contributed by atoms with Crippen LogP contribution >= 0.6 is 24.0 Å². The molecule has 7 heteroatoms. The minimum Gasteiger partial charge on any atom is -0.481 e. The van der Waals surface area contributed by atoms with Crippen molar-refractivity contribution in [1.82, 2.24) is 4.90 Å². The van der Waals surface area contributed by atoms with Gasteiger partial charge in [0.1, 0.15) is 4.32 Å². The summed E-state index contributed by atoms with van der Waals surface area (Å²) in [4.78, 5) is 27.6. The minimum absolute atomic E-state index is 0.0140. The molecule has 0 unspecified atom stereocenters. The first-order valence-electron chi connectivity index (χ1n) is 10.6. The number of benzene rings is 1. The molecule has 1 aliphatic rings. The first-order valence-corrected chi connectivity index (χ1v) is 11.9. The van der Waals surface area contributed by atoms with Crippen LogP contribution in [0.15, 0.2) is 29.2 Å². The largest absolute Gasteiger partial charge is 0.481 e. The normalized spacial score (nSPS) is 15.3. The number of aliphatic carboxylic acids is 1. The Balaban J connectivity index is 1.68. The molecule has 1 saturated heterocycles. The Hall–Kier alpha value is -1.86. The maximum absolute atomic E-state index is 12.7. The summed E-state index contributed by atoms with van der Waals surface area (Å²) < 4.78 is 0.648. The second kappa shape index (κ2) is 12.7. The maximum atomic E-state index is 12.7. The van der Waals surface area contributed by atoms with Gasteiger partial charge in [0, 0.05) is 32.7 Å². The van der Waals surface area contributed by atoms with E-state index < -0.39 is 5.97 Å². The van der Waals surface area contributed by atoms with E-state index in [1.165, 1.54) is 11.8 Å². The van der Waals surface area contributed by atoms with Crippen LogP contribution in [-0.4, -0.2) is 46.8 Å². The zero-order chi connectivity index (χ0) is 21.9. The Bertz CT molecular complexity index is 760. The Morgan fingerprint density at radius 1 is 1.03 bits per heavy atom. The SMILES string of the molecule is CN(C)c1ccc(/C=C2\SC(=S)N(CCCCCCCCCCC(=O)O)C2=O)cc1. The third-order valence-electron chi connectivity index (χ3n) is 5.10. The molecule has 30 heavy (non-hydrogen) atoms. The van der Waals surface area contributed by atoms with Gasteiger partial charge in [-0.3, -0.25) is 14.5 Å². The van der Waals surface area contributed by atoms with E-state index in [0.29, 0.717) is 15.8 Å². The highest BCUT2D eigenvalue weighted by Crippen LogP contribution is 2.33. The van der Waals surface area contributed by atoms with Crippen LogP contribution in [-0.2, 0) is 9.59 Å². The van der Waals surface area contributed by atoms with E-state index in [9.17, 15) is 9.59 Å². The molecule has 164 valence electrons. The number of unbranched alkanes of at least 4 members (excludes halogenated alkanes) is 7. The van der Waals surface area contributed by atoms with Crippen LogP contribution in [0.5, 0.6) is 0 Å². The summed E-state index contributed by atoms with van der Waals surface area (Å²) in [5, 5.41) is 8.62. The number of thioether (sulfide) groups is 1. The fourth-order valence-electron chi connectivity index (χ4n) is 3.32. The van der Waals surface area contributed by atoms with Gasteiger partial charge in [0.2, 0.25) is 0 Å². The van der Waals surface area contributed by atoms with Crippen molar-refractivity contribution < 1.29 is 14.7 Å². The number of amides is 1. The Kier molecular flexibility index (Phi) is 10.4. The van der Waals surface area contributed by atoms with E-state index in [0.717, 1.165) is 62.6 Å². The van der Waals surface area contributed by atoms with Gasteiger partial charge < -0.3 is 10.0 Å². The lowest BCUT2D eigenvalue weighted by atomic mass is 10.1. The summed E-state index contributed by atoms with van der Waals surface area (Å²) >= 11 is 6.81. The first-order chi connectivity index (χ1) is 14.4. The molecule has 0 atom stereocenters. The molecule has 1 N–H and O–H groups in total. The smallest absolute Gasteiger partial charge is 0.303 e. The molecular weight excluding hydrogens is 416 g/mol. The molecule has 1 amide bonds. The topological polar surface area (TPSA) is 60.9 Å². The summed E-state index contributed by atoms with van der Waals surface area (Å²) in [5.41, 5.74) is 2.13. The van der Waals surface area contributed by atoms with Gasteiger partial charge in [-0.1, -0.05) is 74.6 Å². The molecular formula is C23H32N2O3S2. The van der Waals surface area contributed by atoms with Crippen molar-refractivity contribution in [2.24, 2.45) is 0 Å². The molecule has 2 rings (SSSR count). The molecule has 0 saturated carbocycles. The number of nitrogens with zero attached hydrogens (tertiary/aromatic N) is 2. The molecule has 1 aliphatic heterocycles. The van der Waals surface area contributed by atoms with Crippen LogP contribution in [0.1, 0.15) is 63.4 Å². The predicted molar refractivity (Wildman–Crippen MR) is 130 cm³/mol. The van der Waals surface area contributed by atoms with Gasteiger partial charge in [0.25, 0.3) is 5.91 Å². The van der Waals surface area contributed by atoms with E-state index in [1.54, 1.807) is 4.90 Å². The van der Waals surface area contributed by atoms with Crippen molar-refractivity contribution >= 4 is 51.9 Å². The number of thiocarbonyl (C=S) groups is 1. The summed E-state index contributed by atoms with van der Waals surface area (Å²) in [6.45, 7) is 0.681. The van der Waals surface area contributed by atoms with Crippen molar-refractivity contribution in [1.29, 1.82) is 0 Å². The fraction of sp³-hybridized carbons (Fsp3) is 0.522. The van der Waals surface area contributed by atoms with Crippen LogP contribution in [0.25, 0.3) is 6.08 Å². The highest BCUT2D eigenvalue weighted by molar-refractivity contribution is 8.26. The molecule has 1 aromatic rings. The molecule has 1 fully saturated rings. The molecule has 1 heterocycles. The fourth-order valence-corrected chi connectivity index (χ4v) is 4.63. The monoisotopic (exact) mass is 448 g/mol. The number of carbonyl (C=O) groups excluding carboxylic acids is 1. The van der Waals surface area contributed by atoms with Gasteiger partial charge >= 0.3 is 5.97 Å². The average Bonchev–Trinajstić information content (AvgIpc) is 2.96. The quantitative estimate of drug-likeness (QED) is 0.243. The van der Waals surface area contributed by atoms with Gasteiger partial charge in [-0.05, 0) is 36.6 Å². The summed E-state index contributed by atoms with van der Waals surface area (Å²) in [5.74, 6) is -0.692. The lowest BCUT2D eigenvalue weighted by Crippen LogP contribution is -2.29. The molecule has 0 bridgehead atoms.